The molecule has 0 atom stereocenters. The number of esters is 1. The van der Waals surface area contributed by atoms with Gasteiger partial charge in [0.25, 0.3) is 0 Å². The summed E-state index contributed by atoms with van der Waals surface area (Å²) in [6, 6.07) is 5.01. The van der Waals surface area contributed by atoms with Crippen LogP contribution in [0.5, 0.6) is 5.75 Å². The molecule has 0 aliphatic heterocycles. The maximum Gasteiger partial charge on any atom is 0.340 e. The number of carbonyl (C=O) groups excluding carboxylic acids is 1. The highest BCUT2D eigenvalue weighted by molar-refractivity contribution is 5.95. The van der Waals surface area contributed by atoms with Crippen LogP contribution in [0, 0.1) is 0 Å². The van der Waals surface area contributed by atoms with Crippen molar-refractivity contribution < 1.29 is 14.3 Å². The smallest absolute Gasteiger partial charge is 0.340 e. The molecule has 5 nitrogen and oxygen atoms in total. The average molecular weight is 252 g/mol. The Labute approximate surface area is 107 Å². The van der Waals surface area contributed by atoms with Crippen LogP contribution in [0.3, 0.4) is 0 Å². The molecule has 0 heterocycles. The Bertz CT molecular complexity index is 405. The Morgan fingerprint density at radius 2 is 2.11 bits per heavy atom. The summed E-state index contributed by atoms with van der Waals surface area (Å²) >= 11 is 0. The molecule has 100 valence electrons. The first kappa shape index (κ1) is 14.3. The SMILES string of the molecule is CCOC(=O)c1cc(OCCN(C)C)ccc1N. The largest absolute Gasteiger partial charge is 0.492 e. The Kier molecular flexibility index (Phi) is 5.45. The van der Waals surface area contributed by atoms with Crippen LogP contribution in [0.15, 0.2) is 18.2 Å². The minimum Gasteiger partial charge on any atom is -0.492 e. The van der Waals surface area contributed by atoms with E-state index in [1.54, 1.807) is 25.1 Å². The van der Waals surface area contributed by atoms with E-state index in [9.17, 15) is 4.79 Å². The lowest BCUT2D eigenvalue weighted by Crippen LogP contribution is -2.19. The molecular formula is C13H20N2O3. The van der Waals surface area contributed by atoms with Gasteiger partial charge in [0.2, 0.25) is 0 Å². The molecule has 1 rings (SSSR count). The lowest BCUT2D eigenvalue weighted by molar-refractivity contribution is 0.0527. The third-order valence-corrected chi connectivity index (χ3v) is 2.33. The average Bonchev–Trinajstić information content (AvgIpc) is 2.31. The first-order chi connectivity index (χ1) is 8.54. The van der Waals surface area contributed by atoms with Crippen molar-refractivity contribution in [3.63, 3.8) is 0 Å². The normalized spacial score (nSPS) is 10.4. The van der Waals surface area contributed by atoms with Gasteiger partial charge >= 0.3 is 5.97 Å². The van der Waals surface area contributed by atoms with Crippen molar-refractivity contribution in [1.29, 1.82) is 0 Å². The predicted octanol–water partition coefficient (Wildman–Crippen LogP) is 1.39. The maximum absolute atomic E-state index is 11.6. The van der Waals surface area contributed by atoms with Crippen molar-refractivity contribution in [3.05, 3.63) is 23.8 Å². The number of ether oxygens (including phenoxy) is 2. The number of carbonyl (C=O) groups is 1. The summed E-state index contributed by atoms with van der Waals surface area (Å²) in [5.74, 6) is 0.196. The van der Waals surface area contributed by atoms with E-state index >= 15 is 0 Å². The summed E-state index contributed by atoms with van der Waals surface area (Å²) in [6.45, 7) is 3.44. The van der Waals surface area contributed by atoms with Crippen LogP contribution in [-0.4, -0.2) is 44.7 Å². The van der Waals surface area contributed by atoms with Crippen LogP contribution >= 0.6 is 0 Å². The molecule has 0 saturated carbocycles. The van der Waals surface area contributed by atoms with Crippen molar-refractivity contribution >= 4 is 11.7 Å². The van der Waals surface area contributed by atoms with Gasteiger partial charge in [-0.05, 0) is 39.2 Å². The van der Waals surface area contributed by atoms with Gasteiger partial charge in [0.15, 0.2) is 0 Å². The van der Waals surface area contributed by atoms with Gasteiger partial charge in [0.05, 0.1) is 12.2 Å². The summed E-state index contributed by atoms with van der Waals surface area (Å²) in [5, 5.41) is 0. The molecule has 0 radical (unpaired) electrons. The highest BCUT2D eigenvalue weighted by Gasteiger charge is 2.12. The van der Waals surface area contributed by atoms with Crippen molar-refractivity contribution in [2.24, 2.45) is 0 Å². The quantitative estimate of drug-likeness (QED) is 0.612. The maximum atomic E-state index is 11.6. The lowest BCUT2D eigenvalue weighted by Gasteiger charge is -2.12. The summed E-state index contributed by atoms with van der Waals surface area (Å²) in [6.07, 6.45) is 0. The van der Waals surface area contributed by atoms with E-state index in [4.69, 9.17) is 15.2 Å². The van der Waals surface area contributed by atoms with Gasteiger partial charge in [-0.1, -0.05) is 0 Å². The first-order valence-electron chi connectivity index (χ1n) is 5.88. The van der Waals surface area contributed by atoms with E-state index in [2.05, 4.69) is 0 Å². The number of nitrogen functional groups attached to an aromatic ring is 1. The molecular weight excluding hydrogens is 232 g/mol. The molecule has 1 aromatic carbocycles. The molecule has 5 heteroatoms. The van der Waals surface area contributed by atoms with E-state index in [1.165, 1.54) is 0 Å². The number of nitrogens with zero attached hydrogens (tertiary/aromatic N) is 1. The number of nitrogens with two attached hydrogens (primary N) is 1. The van der Waals surface area contributed by atoms with Gasteiger partial charge in [-0.25, -0.2) is 4.79 Å². The van der Waals surface area contributed by atoms with Gasteiger partial charge in [-0.2, -0.15) is 0 Å². The fourth-order valence-electron chi connectivity index (χ4n) is 1.36. The minimum absolute atomic E-state index is 0.323. The standard InChI is InChI=1S/C13H20N2O3/c1-4-17-13(16)11-9-10(5-6-12(11)14)18-8-7-15(2)3/h5-6,9H,4,7-8,14H2,1-3H3. The van der Waals surface area contributed by atoms with E-state index in [1.807, 2.05) is 19.0 Å². The number of rotatable bonds is 6. The number of hydrogen-bond donors (Lipinski definition) is 1. The molecule has 18 heavy (non-hydrogen) atoms. The molecule has 0 aromatic heterocycles. The molecule has 0 bridgehead atoms. The van der Waals surface area contributed by atoms with Gasteiger partial charge in [-0.15, -0.1) is 0 Å². The van der Waals surface area contributed by atoms with Gasteiger partial charge < -0.3 is 20.1 Å². The number of likely N-dealkylation sites (N-methyl/N-ethyl adjacent to an activating group) is 1. The van der Waals surface area contributed by atoms with Crippen LogP contribution < -0.4 is 10.5 Å². The predicted molar refractivity (Wildman–Crippen MR) is 70.9 cm³/mol. The summed E-state index contributed by atoms with van der Waals surface area (Å²) < 4.78 is 10.5. The summed E-state index contributed by atoms with van der Waals surface area (Å²) in [4.78, 5) is 13.7. The molecule has 0 fully saturated rings. The highest BCUT2D eigenvalue weighted by Crippen LogP contribution is 2.20. The molecule has 0 saturated heterocycles. The zero-order valence-corrected chi connectivity index (χ0v) is 11.1. The third kappa shape index (κ3) is 4.25. The van der Waals surface area contributed by atoms with Crippen LogP contribution in [0.4, 0.5) is 5.69 Å². The fraction of sp³-hybridized carbons (Fsp3) is 0.462. The Hall–Kier alpha value is -1.75. The molecule has 0 aliphatic carbocycles. The topological polar surface area (TPSA) is 64.8 Å². The fourth-order valence-corrected chi connectivity index (χ4v) is 1.36. The molecule has 2 N–H and O–H groups in total. The second kappa shape index (κ2) is 6.86. The van der Waals surface area contributed by atoms with E-state index < -0.39 is 5.97 Å². The first-order valence-corrected chi connectivity index (χ1v) is 5.88. The second-order valence-electron chi connectivity index (χ2n) is 4.12. The lowest BCUT2D eigenvalue weighted by atomic mass is 10.2. The zero-order valence-electron chi connectivity index (χ0n) is 11.1. The van der Waals surface area contributed by atoms with Crippen LogP contribution in [0.2, 0.25) is 0 Å². The van der Waals surface area contributed by atoms with E-state index in [0.717, 1.165) is 6.54 Å². The zero-order chi connectivity index (χ0) is 13.5. The highest BCUT2D eigenvalue weighted by atomic mass is 16.5. The molecule has 1 aromatic rings. The molecule has 0 unspecified atom stereocenters. The van der Waals surface area contributed by atoms with Crippen molar-refractivity contribution in [2.45, 2.75) is 6.92 Å². The number of hydrogen-bond acceptors (Lipinski definition) is 5. The van der Waals surface area contributed by atoms with Crippen molar-refractivity contribution in [1.82, 2.24) is 4.90 Å². The van der Waals surface area contributed by atoms with Gasteiger partial charge in [-0.3, -0.25) is 0 Å². The van der Waals surface area contributed by atoms with Gasteiger partial charge in [0.1, 0.15) is 12.4 Å². The van der Waals surface area contributed by atoms with E-state index in [0.29, 0.717) is 30.2 Å². The van der Waals surface area contributed by atoms with E-state index in [-0.39, 0.29) is 0 Å². The molecule has 0 amide bonds. The van der Waals surface area contributed by atoms with Gasteiger partial charge in [0, 0.05) is 12.2 Å². The molecule has 0 spiro atoms. The summed E-state index contributed by atoms with van der Waals surface area (Å²) in [7, 11) is 3.94. The Balaban J connectivity index is 2.71. The van der Waals surface area contributed by atoms with Crippen LogP contribution in [0.25, 0.3) is 0 Å². The molecule has 0 aliphatic rings. The van der Waals surface area contributed by atoms with Crippen molar-refractivity contribution in [2.75, 3.05) is 39.6 Å². The Morgan fingerprint density at radius 1 is 1.39 bits per heavy atom. The summed E-state index contributed by atoms with van der Waals surface area (Å²) in [5.41, 5.74) is 6.48. The second-order valence-corrected chi connectivity index (χ2v) is 4.12. The van der Waals surface area contributed by atoms with Crippen LogP contribution in [-0.2, 0) is 4.74 Å². The monoisotopic (exact) mass is 252 g/mol. The Morgan fingerprint density at radius 3 is 2.72 bits per heavy atom. The number of anilines is 1. The minimum atomic E-state index is -0.423. The van der Waals surface area contributed by atoms with Crippen LogP contribution in [0.1, 0.15) is 17.3 Å². The number of benzene rings is 1. The third-order valence-electron chi connectivity index (χ3n) is 2.33. The van der Waals surface area contributed by atoms with Crippen molar-refractivity contribution in [3.8, 4) is 5.75 Å².